The van der Waals surface area contributed by atoms with Crippen molar-refractivity contribution in [3.05, 3.63) is 64.7 Å². The first-order chi connectivity index (χ1) is 11.9. The van der Waals surface area contributed by atoms with Gasteiger partial charge in [0.2, 0.25) is 5.91 Å². The molecule has 2 aromatic carbocycles. The van der Waals surface area contributed by atoms with Gasteiger partial charge >= 0.3 is 0 Å². The Hall–Kier alpha value is -2.47. The first-order valence-corrected chi connectivity index (χ1v) is 8.11. The Balaban J connectivity index is 1.59. The van der Waals surface area contributed by atoms with Gasteiger partial charge in [0.15, 0.2) is 11.6 Å². The van der Waals surface area contributed by atoms with E-state index >= 15 is 0 Å². The van der Waals surface area contributed by atoms with Crippen molar-refractivity contribution in [3.63, 3.8) is 0 Å². The molecule has 1 saturated heterocycles. The number of hydrogen-bond donors (Lipinski definition) is 1. The zero-order valence-electron chi connectivity index (χ0n) is 13.1. The Morgan fingerprint density at radius 3 is 2.56 bits per heavy atom. The van der Waals surface area contributed by atoms with Crippen LogP contribution in [0, 0.1) is 17.6 Å². The van der Waals surface area contributed by atoms with Gasteiger partial charge < -0.3 is 10.2 Å². The third kappa shape index (κ3) is 3.96. The molecule has 0 spiro atoms. The Labute approximate surface area is 148 Å². The molecule has 1 aliphatic heterocycles. The van der Waals surface area contributed by atoms with E-state index in [9.17, 15) is 18.4 Å². The highest BCUT2D eigenvalue weighted by atomic mass is 35.5. The van der Waals surface area contributed by atoms with Gasteiger partial charge in [-0.2, -0.15) is 0 Å². The van der Waals surface area contributed by atoms with Crippen molar-refractivity contribution in [2.24, 2.45) is 5.92 Å². The minimum atomic E-state index is -1.07. The second kappa shape index (κ2) is 7.19. The van der Waals surface area contributed by atoms with Gasteiger partial charge in [-0.25, -0.2) is 8.78 Å². The summed E-state index contributed by atoms with van der Waals surface area (Å²) < 4.78 is 26.1. The maximum Gasteiger partial charge on any atom is 0.251 e. The number of hydrogen-bond acceptors (Lipinski definition) is 2. The lowest BCUT2D eigenvalue weighted by Gasteiger charge is -2.17. The number of halogens is 3. The molecule has 25 heavy (non-hydrogen) atoms. The van der Waals surface area contributed by atoms with Gasteiger partial charge in [0.05, 0.1) is 0 Å². The molecule has 1 heterocycles. The summed E-state index contributed by atoms with van der Waals surface area (Å²) in [5.41, 5.74) is 0.793. The number of nitrogens with zero attached hydrogens (tertiary/aromatic N) is 1. The second-order valence-electron chi connectivity index (χ2n) is 5.89. The third-order valence-corrected chi connectivity index (χ3v) is 4.33. The Morgan fingerprint density at radius 2 is 1.88 bits per heavy atom. The van der Waals surface area contributed by atoms with Gasteiger partial charge in [-0.3, -0.25) is 9.59 Å². The van der Waals surface area contributed by atoms with E-state index in [1.54, 1.807) is 29.2 Å². The Morgan fingerprint density at radius 1 is 1.16 bits per heavy atom. The normalized spacial score (nSPS) is 17.0. The number of benzene rings is 2. The molecule has 2 aromatic rings. The van der Waals surface area contributed by atoms with Crippen LogP contribution in [0.5, 0.6) is 0 Å². The minimum absolute atomic E-state index is 0.0330. The molecule has 1 atom stereocenters. The van der Waals surface area contributed by atoms with Crippen molar-refractivity contribution >= 4 is 29.1 Å². The highest BCUT2D eigenvalue weighted by Crippen LogP contribution is 2.26. The zero-order valence-corrected chi connectivity index (χ0v) is 13.9. The van der Waals surface area contributed by atoms with E-state index in [1.165, 1.54) is 6.07 Å². The largest absolute Gasteiger partial charge is 0.352 e. The van der Waals surface area contributed by atoms with Crippen molar-refractivity contribution in [2.75, 3.05) is 18.0 Å². The monoisotopic (exact) mass is 364 g/mol. The lowest BCUT2D eigenvalue weighted by atomic mass is 10.1. The van der Waals surface area contributed by atoms with Crippen molar-refractivity contribution in [3.8, 4) is 0 Å². The van der Waals surface area contributed by atoms with Crippen LogP contribution in [0.15, 0.2) is 42.5 Å². The topological polar surface area (TPSA) is 49.4 Å². The smallest absolute Gasteiger partial charge is 0.251 e. The summed E-state index contributed by atoms with van der Waals surface area (Å²) in [5, 5.41) is 3.25. The fourth-order valence-electron chi connectivity index (χ4n) is 2.77. The molecule has 0 aromatic heterocycles. The van der Waals surface area contributed by atoms with Gasteiger partial charge in [-0.05, 0) is 42.5 Å². The summed E-state index contributed by atoms with van der Waals surface area (Å²) in [6.45, 7) is 0.742. The van der Waals surface area contributed by atoms with E-state index in [4.69, 9.17) is 11.6 Å². The molecule has 1 aliphatic rings. The maximum atomic E-state index is 13.2. The summed E-state index contributed by atoms with van der Waals surface area (Å²) >= 11 is 5.85. The molecule has 0 radical (unpaired) electrons. The highest BCUT2D eigenvalue weighted by molar-refractivity contribution is 6.30. The van der Waals surface area contributed by atoms with Crippen LogP contribution in [0.4, 0.5) is 14.5 Å². The molecule has 3 rings (SSSR count). The summed E-state index contributed by atoms with van der Waals surface area (Å²) in [4.78, 5) is 25.8. The van der Waals surface area contributed by atoms with Crippen molar-refractivity contribution in [2.45, 2.75) is 6.42 Å². The quantitative estimate of drug-likeness (QED) is 0.904. The van der Waals surface area contributed by atoms with Crippen LogP contribution in [0.3, 0.4) is 0 Å². The van der Waals surface area contributed by atoms with E-state index < -0.39 is 17.5 Å². The summed E-state index contributed by atoms with van der Waals surface area (Å²) in [7, 11) is 0. The molecule has 130 valence electrons. The average Bonchev–Trinajstić information content (AvgIpc) is 2.96. The standard InChI is InChI=1S/C18H15ClF2N2O2/c19-13-2-4-14(5-3-13)23-10-11(7-17(23)24)9-22-18(25)12-1-6-15(20)16(21)8-12/h1-6,8,11H,7,9-10H2,(H,22,25). The maximum absolute atomic E-state index is 13.2. The fourth-order valence-corrected chi connectivity index (χ4v) is 2.89. The molecule has 1 unspecified atom stereocenters. The Kier molecular flexibility index (Phi) is 4.99. The van der Waals surface area contributed by atoms with Crippen LogP contribution < -0.4 is 10.2 Å². The molecule has 4 nitrogen and oxygen atoms in total. The number of nitrogens with one attached hydrogen (secondary N) is 1. The molecule has 7 heteroatoms. The van der Waals surface area contributed by atoms with E-state index in [0.29, 0.717) is 18.0 Å². The molecule has 0 bridgehead atoms. The summed E-state index contributed by atoms with van der Waals surface area (Å²) in [5.74, 6) is -2.67. The van der Waals surface area contributed by atoms with Crippen LogP contribution in [0.1, 0.15) is 16.8 Å². The fraction of sp³-hybridized carbons (Fsp3) is 0.222. The van der Waals surface area contributed by atoms with Crippen LogP contribution >= 0.6 is 11.6 Å². The molecule has 1 N–H and O–H groups in total. The Bertz CT molecular complexity index is 811. The lowest BCUT2D eigenvalue weighted by molar-refractivity contribution is -0.117. The average molecular weight is 365 g/mol. The van der Waals surface area contributed by atoms with Crippen LogP contribution in [0.2, 0.25) is 5.02 Å². The van der Waals surface area contributed by atoms with Gasteiger partial charge in [0.25, 0.3) is 5.91 Å². The van der Waals surface area contributed by atoms with Crippen molar-refractivity contribution < 1.29 is 18.4 Å². The first-order valence-electron chi connectivity index (χ1n) is 7.73. The van der Waals surface area contributed by atoms with Crippen LogP contribution in [-0.2, 0) is 4.79 Å². The van der Waals surface area contributed by atoms with E-state index in [1.807, 2.05) is 0 Å². The van der Waals surface area contributed by atoms with E-state index in [2.05, 4.69) is 5.32 Å². The molecule has 2 amide bonds. The molecule has 0 aliphatic carbocycles. The number of anilines is 1. The summed E-state index contributed by atoms with van der Waals surface area (Å²) in [6, 6.07) is 9.93. The van der Waals surface area contributed by atoms with Gasteiger partial charge in [0, 0.05) is 41.7 Å². The number of rotatable bonds is 4. The number of carbonyl (C=O) groups is 2. The van der Waals surface area contributed by atoms with Crippen molar-refractivity contribution in [1.82, 2.24) is 5.32 Å². The van der Waals surface area contributed by atoms with E-state index in [0.717, 1.165) is 17.8 Å². The molecule has 0 saturated carbocycles. The first kappa shape index (κ1) is 17.4. The predicted octanol–water partition coefficient (Wildman–Crippen LogP) is 3.40. The SMILES string of the molecule is O=C(NCC1CC(=O)N(c2ccc(Cl)cc2)C1)c1ccc(F)c(F)c1. The van der Waals surface area contributed by atoms with E-state index in [-0.39, 0.29) is 23.9 Å². The number of carbonyl (C=O) groups excluding carboxylic acids is 2. The lowest BCUT2D eigenvalue weighted by Crippen LogP contribution is -2.31. The second-order valence-corrected chi connectivity index (χ2v) is 6.33. The van der Waals surface area contributed by atoms with Crippen molar-refractivity contribution in [1.29, 1.82) is 0 Å². The third-order valence-electron chi connectivity index (χ3n) is 4.08. The predicted molar refractivity (Wildman–Crippen MR) is 90.6 cm³/mol. The van der Waals surface area contributed by atoms with Gasteiger partial charge in [-0.1, -0.05) is 11.6 Å². The molecular weight excluding hydrogens is 350 g/mol. The minimum Gasteiger partial charge on any atom is -0.352 e. The number of amides is 2. The van der Waals surface area contributed by atoms with Crippen LogP contribution in [-0.4, -0.2) is 24.9 Å². The van der Waals surface area contributed by atoms with Crippen LogP contribution in [0.25, 0.3) is 0 Å². The van der Waals surface area contributed by atoms with Gasteiger partial charge in [-0.15, -0.1) is 0 Å². The molecular formula is C18H15ClF2N2O2. The highest BCUT2D eigenvalue weighted by Gasteiger charge is 2.30. The molecule has 1 fully saturated rings. The zero-order chi connectivity index (χ0) is 18.0. The summed E-state index contributed by atoms with van der Waals surface area (Å²) in [6.07, 6.45) is 0.306. The van der Waals surface area contributed by atoms with Gasteiger partial charge in [0.1, 0.15) is 0 Å².